The van der Waals surface area contributed by atoms with Crippen LogP contribution in [0.3, 0.4) is 0 Å². The van der Waals surface area contributed by atoms with Crippen LogP contribution >= 0.6 is 23.7 Å². The van der Waals surface area contributed by atoms with E-state index in [1.807, 2.05) is 14.0 Å². The molecule has 0 saturated carbocycles. The van der Waals surface area contributed by atoms with E-state index in [1.165, 1.54) is 15.6 Å². The van der Waals surface area contributed by atoms with Crippen LogP contribution in [-0.4, -0.2) is 50.9 Å². The molecule has 2 unspecified atom stereocenters. The number of nitrogens with one attached hydrogen (secondary N) is 2. The van der Waals surface area contributed by atoms with E-state index >= 15 is 0 Å². The molecule has 0 bridgehead atoms. The van der Waals surface area contributed by atoms with Crippen molar-refractivity contribution in [3.8, 4) is 0 Å². The molecule has 1 aliphatic rings. The van der Waals surface area contributed by atoms with Crippen molar-refractivity contribution in [2.45, 2.75) is 42.5 Å². The topological polar surface area (TPSA) is 78.5 Å². The molecule has 0 aliphatic carbocycles. The second-order valence-corrected chi connectivity index (χ2v) is 8.56. The summed E-state index contributed by atoms with van der Waals surface area (Å²) < 4.78 is 27.1. The van der Waals surface area contributed by atoms with Gasteiger partial charge < -0.3 is 10.6 Å². The molecule has 1 aliphatic heterocycles. The lowest BCUT2D eigenvalue weighted by Gasteiger charge is -2.33. The van der Waals surface area contributed by atoms with Gasteiger partial charge in [0, 0.05) is 19.1 Å². The fourth-order valence-electron chi connectivity index (χ4n) is 2.45. The Kier molecular flexibility index (Phi) is 7.96. The van der Waals surface area contributed by atoms with Crippen LogP contribution in [0, 0.1) is 0 Å². The van der Waals surface area contributed by atoms with Crippen molar-refractivity contribution < 1.29 is 13.2 Å². The summed E-state index contributed by atoms with van der Waals surface area (Å²) in [5.74, 6) is -0.207. The van der Waals surface area contributed by atoms with Crippen LogP contribution in [0.4, 0.5) is 0 Å². The second-order valence-electron chi connectivity index (χ2n) is 5.49. The van der Waals surface area contributed by atoms with E-state index in [2.05, 4.69) is 10.6 Å². The number of halogens is 1. The number of amides is 1. The van der Waals surface area contributed by atoms with Gasteiger partial charge in [0.25, 0.3) is 10.0 Å². The summed E-state index contributed by atoms with van der Waals surface area (Å²) in [4.78, 5) is 12.4. The average molecular weight is 382 g/mol. The number of sulfonamides is 1. The Bertz CT molecular complexity index is 592. The highest BCUT2D eigenvalue weighted by atomic mass is 35.5. The van der Waals surface area contributed by atoms with Gasteiger partial charge in [-0.25, -0.2) is 8.42 Å². The largest absolute Gasteiger partial charge is 0.353 e. The Balaban J connectivity index is 0.00000264. The first-order chi connectivity index (χ1) is 10.5. The number of carbonyl (C=O) groups is 1. The van der Waals surface area contributed by atoms with E-state index in [0.717, 1.165) is 12.8 Å². The van der Waals surface area contributed by atoms with Gasteiger partial charge in [-0.2, -0.15) is 4.31 Å². The number of rotatable bonds is 6. The van der Waals surface area contributed by atoms with Crippen LogP contribution in [0.15, 0.2) is 21.7 Å². The molecule has 23 heavy (non-hydrogen) atoms. The van der Waals surface area contributed by atoms with Gasteiger partial charge in [-0.1, -0.05) is 12.5 Å². The van der Waals surface area contributed by atoms with Gasteiger partial charge in [-0.05, 0) is 38.3 Å². The minimum Gasteiger partial charge on any atom is -0.353 e. The summed E-state index contributed by atoms with van der Waals surface area (Å²) in [7, 11) is -1.76. The third-order valence-corrected chi connectivity index (χ3v) is 7.17. The summed E-state index contributed by atoms with van der Waals surface area (Å²) in [6, 6.07) is 2.84. The lowest BCUT2D eigenvalue weighted by molar-refractivity contribution is -0.125. The minimum atomic E-state index is -3.58. The third kappa shape index (κ3) is 4.90. The maximum atomic E-state index is 12.7. The Morgan fingerprint density at radius 1 is 1.48 bits per heavy atom. The van der Waals surface area contributed by atoms with Crippen LogP contribution in [-0.2, 0) is 14.8 Å². The first-order valence-corrected chi connectivity index (χ1v) is 9.79. The monoisotopic (exact) mass is 381 g/mol. The number of nitrogens with zero attached hydrogens (tertiary/aromatic N) is 1. The molecule has 1 aromatic heterocycles. The quantitative estimate of drug-likeness (QED) is 0.781. The predicted octanol–water partition coefficient (Wildman–Crippen LogP) is 1.44. The summed E-state index contributed by atoms with van der Waals surface area (Å²) in [6.07, 6.45) is 2.24. The van der Waals surface area contributed by atoms with E-state index in [4.69, 9.17) is 0 Å². The first-order valence-electron chi connectivity index (χ1n) is 7.47. The van der Waals surface area contributed by atoms with Crippen molar-refractivity contribution in [1.82, 2.24) is 14.9 Å². The normalized spacial score (nSPS) is 20.5. The number of hydrogen-bond acceptors (Lipinski definition) is 5. The molecule has 9 heteroatoms. The molecule has 0 aromatic carbocycles. The zero-order chi connectivity index (χ0) is 16.2. The Morgan fingerprint density at radius 2 is 2.22 bits per heavy atom. The molecule has 132 valence electrons. The van der Waals surface area contributed by atoms with E-state index in [1.54, 1.807) is 17.5 Å². The molecular formula is C14H24ClN3O3S2. The number of hydrogen-bond donors (Lipinski definition) is 2. The molecule has 1 saturated heterocycles. The highest BCUT2D eigenvalue weighted by Crippen LogP contribution is 2.27. The van der Waals surface area contributed by atoms with Crippen LogP contribution in [0.25, 0.3) is 0 Å². The van der Waals surface area contributed by atoms with Gasteiger partial charge in [0.05, 0.1) is 0 Å². The van der Waals surface area contributed by atoms with Gasteiger partial charge in [-0.15, -0.1) is 23.7 Å². The van der Waals surface area contributed by atoms with Gasteiger partial charge in [0.15, 0.2) is 0 Å². The molecule has 6 nitrogen and oxygen atoms in total. The smallest absolute Gasteiger partial charge is 0.253 e. The maximum Gasteiger partial charge on any atom is 0.253 e. The minimum absolute atomic E-state index is 0. The van der Waals surface area contributed by atoms with Gasteiger partial charge in [0.2, 0.25) is 5.91 Å². The SMILES string of the molecule is CNC(C)CNC(=O)C1CCCCN1S(=O)(=O)c1cccs1.Cl. The zero-order valence-electron chi connectivity index (χ0n) is 13.3. The Morgan fingerprint density at radius 3 is 2.83 bits per heavy atom. The van der Waals surface area contributed by atoms with Crippen molar-refractivity contribution in [2.24, 2.45) is 0 Å². The van der Waals surface area contributed by atoms with E-state index < -0.39 is 16.1 Å². The highest BCUT2D eigenvalue weighted by molar-refractivity contribution is 7.91. The summed E-state index contributed by atoms with van der Waals surface area (Å²) >= 11 is 1.19. The van der Waals surface area contributed by atoms with E-state index in [9.17, 15) is 13.2 Å². The number of piperidine rings is 1. The molecular weight excluding hydrogens is 358 g/mol. The molecule has 2 N–H and O–H groups in total. The summed E-state index contributed by atoms with van der Waals surface area (Å²) in [6.45, 7) is 2.85. The highest BCUT2D eigenvalue weighted by Gasteiger charge is 2.37. The second kappa shape index (κ2) is 8.98. The molecule has 2 atom stereocenters. The number of likely N-dealkylation sites (N-methyl/N-ethyl adjacent to an activating group) is 1. The van der Waals surface area contributed by atoms with Crippen LogP contribution in [0.5, 0.6) is 0 Å². The molecule has 1 amide bonds. The molecule has 0 spiro atoms. The molecule has 0 radical (unpaired) electrons. The Hall–Kier alpha value is -0.670. The van der Waals surface area contributed by atoms with Crippen molar-refractivity contribution in [2.75, 3.05) is 20.1 Å². The summed E-state index contributed by atoms with van der Waals surface area (Å²) in [5, 5.41) is 7.63. The van der Waals surface area contributed by atoms with Crippen LogP contribution in [0.2, 0.25) is 0 Å². The van der Waals surface area contributed by atoms with Gasteiger partial charge in [0.1, 0.15) is 10.3 Å². The number of thiophene rings is 1. The van der Waals surface area contributed by atoms with Crippen LogP contribution < -0.4 is 10.6 Å². The zero-order valence-corrected chi connectivity index (χ0v) is 15.8. The van der Waals surface area contributed by atoms with E-state index in [-0.39, 0.29) is 24.4 Å². The molecule has 2 heterocycles. The molecule has 2 rings (SSSR count). The van der Waals surface area contributed by atoms with Crippen molar-refractivity contribution >= 4 is 39.7 Å². The Labute approximate surface area is 148 Å². The average Bonchev–Trinajstić information content (AvgIpc) is 3.07. The van der Waals surface area contributed by atoms with Crippen molar-refractivity contribution in [3.63, 3.8) is 0 Å². The van der Waals surface area contributed by atoms with Gasteiger partial charge >= 0.3 is 0 Å². The van der Waals surface area contributed by atoms with Crippen LogP contribution in [0.1, 0.15) is 26.2 Å². The fraction of sp³-hybridized carbons (Fsp3) is 0.643. The third-order valence-electron chi connectivity index (χ3n) is 3.89. The molecule has 1 fully saturated rings. The lowest BCUT2D eigenvalue weighted by atomic mass is 10.0. The summed E-state index contributed by atoms with van der Waals surface area (Å²) in [5.41, 5.74) is 0. The maximum absolute atomic E-state index is 12.7. The number of carbonyl (C=O) groups excluding carboxylic acids is 1. The van der Waals surface area contributed by atoms with Crippen molar-refractivity contribution in [1.29, 1.82) is 0 Å². The lowest BCUT2D eigenvalue weighted by Crippen LogP contribution is -2.53. The first kappa shape index (κ1) is 20.4. The van der Waals surface area contributed by atoms with E-state index in [0.29, 0.717) is 23.7 Å². The van der Waals surface area contributed by atoms with Crippen molar-refractivity contribution in [3.05, 3.63) is 17.5 Å². The predicted molar refractivity (Wildman–Crippen MR) is 94.6 cm³/mol. The molecule has 1 aromatic rings. The van der Waals surface area contributed by atoms with Gasteiger partial charge in [-0.3, -0.25) is 4.79 Å². The fourth-order valence-corrected chi connectivity index (χ4v) is 5.23. The standard InChI is InChI=1S/C14H23N3O3S2.ClH/c1-11(15-2)10-16-14(18)12-6-3-4-8-17(12)22(19,20)13-7-5-9-21-13;/h5,7,9,11-12,15H,3-4,6,8,10H2,1-2H3,(H,16,18);1H.